The highest BCUT2D eigenvalue weighted by molar-refractivity contribution is 7.99. The predicted octanol–water partition coefficient (Wildman–Crippen LogP) is 3.47. The second kappa shape index (κ2) is 8.71. The largest absolute Gasteiger partial charge is 0.470 e. The first-order chi connectivity index (χ1) is 12.4. The van der Waals surface area contributed by atoms with Crippen LogP contribution in [0.4, 0.5) is 0 Å². The van der Waals surface area contributed by atoms with E-state index in [-0.39, 0.29) is 5.91 Å². The SMILES string of the molecule is C=Cc1cnc2ccc(OC(SC)C(=O)NC(C)(C)C=NOC)cc2c1. The van der Waals surface area contributed by atoms with E-state index >= 15 is 0 Å². The van der Waals surface area contributed by atoms with Crippen molar-refractivity contribution in [2.45, 2.75) is 24.8 Å². The Kier molecular flexibility index (Phi) is 6.63. The molecule has 0 saturated carbocycles. The highest BCUT2D eigenvalue weighted by Gasteiger charge is 2.26. The van der Waals surface area contributed by atoms with Gasteiger partial charge in [0, 0.05) is 11.6 Å². The molecule has 0 aliphatic rings. The minimum Gasteiger partial charge on any atom is -0.470 e. The van der Waals surface area contributed by atoms with Gasteiger partial charge in [0.25, 0.3) is 5.91 Å². The molecule has 0 saturated heterocycles. The lowest BCUT2D eigenvalue weighted by molar-refractivity contribution is -0.125. The number of benzene rings is 1. The molecule has 1 aromatic heterocycles. The number of carbonyl (C=O) groups excluding carboxylic acids is 1. The van der Waals surface area contributed by atoms with Gasteiger partial charge in [-0.1, -0.05) is 17.8 Å². The molecule has 0 aliphatic carbocycles. The number of ether oxygens (including phenoxy) is 1. The molecule has 0 fully saturated rings. The van der Waals surface area contributed by atoms with Crippen molar-refractivity contribution in [3.63, 3.8) is 0 Å². The maximum atomic E-state index is 12.5. The zero-order chi connectivity index (χ0) is 19.2. The molecule has 1 amide bonds. The van der Waals surface area contributed by atoms with Gasteiger partial charge < -0.3 is 14.9 Å². The molecular formula is C19H23N3O3S. The summed E-state index contributed by atoms with van der Waals surface area (Å²) in [7, 11) is 1.45. The Hall–Kier alpha value is -2.54. The molecule has 0 radical (unpaired) electrons. The Morgan fingerprint density at radius 3 is 2.85 bits per heavy atom. The summed E-state index contributed by atoms with van der Waals surface area (Å²) < 4.78 is 5.88. The van der Waals surface area contributed by atoms with Crippen molar-refractivity contribution in [3.8, 4) is 5.75 Å². The number of hydrogen-bond acceptors (Lipinski definition) is 6. The first kappa shape index (κ1) is 19.8. The zero-order valence-corrected chi connectivity index (χ0v) is 16.2. The highest BCUT2D eigenvalue weighted by Crippen LogP contribution is 2.23. The molecule has 1 N–H and O–H groups in total. The fourth-order valence-electron chi connectivity index (χ4n) is 2.24. The standard InChI is InChI=1S/C19H23N3O3S/c1-6-13-9-14-10-15(7-8-16(14)20-11-13)25-18(26-5)17(23)22-19(2,3)12-21-24-4/h6-12,18H,1H2,2-5H3,(H,22,23). The van der Waals surface area contributed by atoms with E-state index in [0.29, 0.717) is 5.75 Å². The van der Waals surface area contributed by atoms with Crippen molar-refractivity contribution in [1.82, 2.24) is 10.3 Å². The van der Waals surface area contributed by atoms with Crippen LogP contribution in [0.3, 0.4) is 0 Å². The van der Waals surface area contributed by atoms with Crippen LogP contribution in [0.2, 0.25) is 0 Å². The van der Waals surface area contributed by atoms with E-state index in [1.165, 1.54) is 25.1 Å². The van der Waals surface area contributed by atoms with E-state index in [9.17, 15) is 4.79 Å². The van der Waals surface area contributed by atoms with E-state index in [1.807, 2.05) is 38.3 Å². The van der Waals surface area contributed by atoms with Gasteiger partial charge in [0.15, 0.2) is 0 Å². The molecule has 0 spiro atoms. The fraction of sp³-hybridized carbons (Fsp3) is 0.316. The van der Waals surface area contributed by atoms with Gasteiger partial charge in [0.2, 0.25) is 5.44 Å². The number of fused-ring (bicyclic) bond motifs is 1. The van der Waals surface area contributed by atoms with E-state index in [1.54, 1.807) is 18.3 Å². The lowest BCUT2D eigenvalue weighted by Crippen LogP contribution is -2.49. The highest BCUT2D eigenvalue weighted by atomic mass is 32.2. The predicted molar refractivity (Wildman–Crippen MR) is 107 cm³/mol. The van der Waals surface area contributed by atoms with Gasteiger partial charge in [0.1, 0.15) is 12.9 Å². The lowest BCUT2D eigenvalue weighted by atomic mass is 10.1. The van der Waals surface area contributed by atoms with E-state index in [2.05, 4.69) is 26.9 Å². The number of carbonyl (C=O) groups is 1. The molecule has 6 nitrogen and oxygen atoms in total. The van der Waals surface area contributed by atoms with Crippen LogP contribution in [0.25, 0.3) is 17.0 Å². The molecule has 2 rings (SSSR count). The Morgan fingerprint density at radius 2 is 2.19 bits per heavy atom. The average Bonchev–Trinajstić information content (AvgIpc) is 2.63. The second-order valence-corrected chi connectivity index (χ2v) is 7.04. The molecule has 2 aromatic rings. The monoisotopic (exact) mass is 373 g/mol. The third-order valence-electron chi connectivity index (χ3n) is 3.51. The number of hydrogen-bond donors (Lipinski definition) is 1. The van der Waals surface area contributed by atoms with Crippen LogP contribution >= 0.6 is 11.8 Å². The van der Waals surface area contributed by atoms with Crippen LogP contribution in [-0.2, 0) is 9.63 Å². The van der Waals surface area contributed by atoms with Gasteiger partial charge in [-0.2, -0.15) is 0 Å². The van der Waals surface area contributed by atoms with Crippen molar-refractivity contribution in [3.05, 3.63) is 42.6 Å². The number of aromatic nitrogens is 1. The van der Waals surface area contributed by atoms with Gasteiger partial charge in [-0.25, -0.2) is 0 Å². The number of pyridine rings is 1. The van der Waals surface area contributed by atoms with E-state index < -0.39 is 11.0 Å². The number of nitrogens with zero attached hydrogens (tertiary/aromatic N) is 2. The average molecular weight is 373 g/mol. The summed E-state index contributed by atoms with van der Waals surface area (Å²) in [5.41, 5.74) is 0.424. The number of nitrogens with one attached hydrogen (secondary N) is 1. The summed E-state index contributed by atoms with van der Waals surface area (Å²) in [6.07, 6.45) is 6.85. The van der Waals surface area contributed by atoms with Crippen molar-refractivity contribution < 1.29 is 14.4 Å². The Labute approximate surface area is 157 Å². The smallest absolute Gasteiger partial charge is 0.272 e. The van der Waals surface area contributed by atoms with Gasteiger partial charge in [-0.05, 0) is 49.9 Å². The Bertz CT molecular complexity index is 821. The summed E-state index contributed by atoms with van der Waals surface area (Å²) >= 11 is 1.31. The van der Waals surface area contributed by atoms with Crippen molar-refractivity contribution >= 4 is 40.9 Å². The molecule has 1 heterocycles. The first-order valence-electron chi connectivity index (χ1n) is 8.00. The summed E-state index contributed by atoms with van der Waals surface area (Å²) in [6.45, 7) is 7.40. The molecule has 7 heteroatoms. The normalized spacial score (nSPS) is 12.8. The Balaban J connectivity index is 2.16. The third-order valence-corrected chi connectivity index (χ3v) is 4.25. The summed E-state index contributed by atoms with van der Waals surface area (Å²) in [4.78, 5) is 21.6. The minimum absolute atomic E-state index is 0.247. The molecule has 1 aromatic carbocycles. The van der Waals surface area contributed by atoms with Crippen LogP contribution in [-0.4, -0.2) is 41.4 Å². The number of amides is 1. The van der Waals surface area contributed by atoms with Gasteiger partial charge in [-0.15, -0.1) is 11.8 Å². The van der Waals surface area contributed by atoms with Gasteiger partial charge in [-0.3, -0.25) is 9.78 Å². The number of thioether (sulfide) groups is 1. The number of rotatable bonds is 8. The van der Waals surface area contributed by atoms with Crippen LogP contribution < -0.4 is 10.1 Å². The summed E-state index contributed by atoms with van der Waals surface area (Å²) in [5.74, 6) is 0.349. The van der Waals surface area contributed by atoms with E-state index in [0.717, 1.165) is 16.5 Å². The number of oxime groups is 1. The minimum atomic E-state index is -0.696. The van der Waals surface area contributed by atoms with Crippen molar-refractivity contribution in [1.29, 1.82) is 0 Å². The first-order valence-corrected chi connectivity index (χ1v) is 9.28. The summed E-state index contributed by atoms with van der Waals surface area (Å²) in [6, 6.07) is 7.50. The maximum Gasteiger partial charge on any atom is 0.272 e. The van der Waals surface area contributed by atoms with Crippen LogP contribution in [0.5, 0.6) is 5.75 Å². The van der Waals surface area contributed by atoms with Crippen molar-refractivity contribution in [2.24, 2.45) is 5.16 Å². The molecule has 26 heavy (non-hydrogen) atoms. The van der Waals surface area contributed by atoms with E-state index in [4.69, 9.17) is 4.74 Å². The Morgan fingerprint density at radius 1 is 1.42 bits per heavy atom. The molecule has 138 valence electrons. The lowest BCUT2D eigenvalue weighted by Gasteiger charge is -2.24. The quantitative estimate of drug-likeness (QED) is 0.436. The third kappa shape index (κ3) is 5.23. The van der Waals surface area contributed by atoms with Gasteiger partial charge >= 0.3 is 0 Å². The molecule has 0 aliphatic heterocycles. The molecule has 0 bridgehead atoms. The van der Waals surface area contributed by atoms with Crippen LogP contribution in [0, 0.1) is 0 Å². The van der Waals surface area contributed by atoms with Gasteiger partial charge in [0.05, 0.1) is 17.3 Å². The van der Waals surface area contributed by atoms with Crippen LogP contribution in [0.1, 0.15) is 19.4 Å². The molecule has 1 unspecified atom stereocenters. The molecule has 1 atom stereocenters. The fourth-order valence-corrected chi connectivity index (χ4v) is 2.72. The van der Waals surface area contributed by atoms with Crippen molar-refractivity contribution in [2.75, 3.05) is 13.4 Å². The molecular weight excluding hydrogens is 350 g/mol. The summed E-state index contributed by atoms with van der Waals surface area (Å²) in [5, 5.41) is 7.52. The maximum absolute atomic E-state index is 12.5. The second-order valence-electron chi connectivity index (χ2n) is 6.14. The van der Waals surface area contributed by atoms with Crippen LogP contribution in [0.15, 0.2) is 42.2 Å². The topological polar surface area (TPSA) is 72.8 Å². The zero-order valence-electron chi connectivity index (χ0n) is 15.4.